The molecular weight excluding hydrogens is 949 g/mol. The lowest BCUT2D eigenvalue weighted by molar-refractivity contribution is -0.164. The predicted molar refractivity (Wildman–Crippen MR) is 272 cm³/mol. The number of hydrogen-bond donors (Lipinski definition) is 5. The predicted octanol–water partition coefficient (Wildman–Crippen LogP) is 5.03. The highest BCUT2D eigenvalue weighted by Gasteiger charge is 2.43. The van der Waals surface area contributed by atoms with E-state index in [1.807, 2.05) is 30.8 Å². The van der Waals surface area contributed by atoms with E-state index in [9.17, 15) is 33.6 Å². The molecule has 3 saturated heterocycles. The summed E-state index contributed by atoms with van der Waals surface area (Å²) >= 11 is 1.88. The Kier molecular flexibility index (Phi) is 23.9. The first-order valence-electron chi connectivity index (χ1n) is 25.3. The van der Waals surface area contributed by atoms with E-state index in [1.165, 1.54) is 4.90 Å². The van der Waals surface area contributed by atoms with Crippen LogP contribution in [0.1, 0.15) is 109 Å². The Hall–Kier alpha value is -5.44. The second kappa shape index (κ2) is 29.9. The van der Waals surface area contributed by atoms with Crippen molar-refractivity contribution in [2.75, 3.05) is 84.6 Å². The van der Waals surface area contributed by atoms with Crippen molar-refractivity contribution >= 4 is 58.9 Å². The highest BCUT2D eigenvalue weighted by atomic mass is 32.2. The number of methoxy groups -OCH3 is 2. The zero-order valence-corrected chi connectivity index (χ0v) is 43.5. The molecule has 3 fully saturated rings. The lowest BCUT2D eigenvalue weighted by atomic mass is 9.84. The molecule has 0 aromatic heterocycles. The number of anilines is 1. The van der Waals surface area contributed by atoms with E-state index in [1.54, 1.807) is 58.4 Å². The number of piperidine rings is 1. The van der Waals surface area contributed by atoms with Crippen molar-refractivity contribution in [3.63, 3.8) is 0 Å². The summed E-state index contributed by atoms with van der Waals surface area (Å²) in [7, 11) is 3.11. The molecule has 3 aliphatic heterocycles. The standard InChI is InChI=1S/C52H76N6O13S/c1-6-52(2,3)48(62)49(63)58-25-10-9-14-39(58)50(64)71-40(19-17-35-18-20-41(66-4)42(32-35)67-5)36-12-11-13-37(33-36)55-46(61)22-21-45(60)54-24-27-69-29-31-70-30-28-68-26-23-53-44(59)16-8-7-15-43-47-38(34-72-43)56-51(65)57-47/h11-13,18,20,32-33,38-40,43,47H,6-10,14-17,19,21-31,34H2,1-5H3,(H,53,59)(H,54,60)(H,55,61)(H2,56,57,65)/t38-,39-,40+,43-,47-/m0/s1. The number of rotatable bonds is 32. The van der Waals surface area contributed by atoms with E-state index in [-0.39, 0.29) is 68.4 Å². The van der Waals surface area contributed by atoms with Gasteiger partial charge in [0.25, 0.3) is 5.91 Å². The summed E-state index contributed by atoms with van der Waals surface area (Å²) < 4.78 is 33.7. The fourth-order valence-electron chi connectivity index (χ4n) is 8.63. The maximum absolute atomic E-state index is 14.0. The largest absolute Gasteiger partial charge is 0.493 e. The van der Waals surface area contributed by atoms with Crippen molar-refractivity contribution in [3.05, 3.63) is 53.6 Å². The van der Waals surface area contributed by atoms with Crippen LogP contribution in [0, 0.1) is 5.41 Å². The lowest BCUT2D eigenvalue weighted by Crippen LogP contribution is -2.53. The van der Waals surface area contributed by atoms with Gasteiger partial charge in [0.2, 0.25) is 23.5 Å². The van der Waals surface area contributed by atoms with Crippen LogP contribution in [-0.2, 0) is 54.1 Å². The van der Waals surface area contributed by atoms with Crippen LogP contribution in [0.15, 0.2) is 42.5 Å². The van der Waals surface area contributed by atoms with Gasteiger partial charge in [-0.2, -0.15) is 11.8 Å². The molecule has 398 valence electrons. The minimum atomic E-state index is -0.919. The van der Waals surface area contributed by atoms with Crippen molar-refractivity contribution in [3.8, 4) is 11.5 Å². The van der Waals surface area contributed by atoms with Gasteiger partial charge >= 0.3 is 12.0 Å². The first-order valence-corrected chi connectivity index (χ1v) is 26.4. The number of unbranched alkanes of at least 4 members (excludes halogenated alkanes) is 1. The molecule has 5 rings (SSSR count). The van der Waals surface area contributed by atoms with E-state index in [2.05, 4.69) is 26.6 Å². The van der Waals surface area contributed by atoms with E-state index in [4.69, 9.17) is 28.4 Å². The number of nitrogens with one attached hydrogen (secondary N) is 5. The van der Waals surface area contributed by atoms with Crippen LogP contribution in [0.25, 0.3) is 0 Å². The number of amides is 6. The summed E-state index contributed by atoms with van der Waals surface area (Å²) in [6.07, 6.45) is 5.33. The molecule has 5 atom stereocenters. The average molecular weight is 1030 g/mol. The Bertz CT molecular complexity index is 2130. The normalized spacial score (nSPS) is 18.8. The summed E-state index contributed by atoms with van der Waals surface area (Å²) in [5.41, 5.74) is 1.11. The van der Waals surface area contributed by atoms with Gasteiger partial charge in [0.1, 0.15) is 12.1 Å². The maximum atomic E-state index is 14.0. The van der Waals surface area contributed by atoms with Gasteiger partial charge in [0.05, 0.1) is 65.9 Å². The van der Waals surface area contributed by atoms with Crippen LogP contribution in [0.5, 0.6) is 11.5 Å². The van der Waals surface area contributed by atoms with Gasteiger partial charge in [-0.1, -0.05) is 45.4 Å². The van der Waals surface area contributed by atoms with Crippen LogP contribution in [0.2, 0.25) is 0 Å². The fraction of sp³-hybridized carbons (Fsp3) is 0.635. The third-order valence-corrected chi connectivity index (χ3v) is 14.7. The Morgan fingerprint density at radius 1 is 0.806 bits per heavy atom. The van der Waals surface area contributed by atoms with Gasteiger partial charge in [-0.15, -0.1) is 0 Å². The van der Waals surface area contributed by atoms with Crippen LogP contribution in [-0.4, -0.2) is 149 Å². The molecular formula is C52H76N6O13S. The summed E-state index contributed by atoms with van der Waals surface area (Å²) in [5, 5.41) is 14.8. The molecule has 5 N–H and O–H groups in total. The number of fused-ring (bicyclic) bond motifs is 1. The molecule has 0 aliphatic carbocycles. The van der Waals surface area contributed by atoms with Crippen molar-refractivity contribution in [1.29, 1.82) is 0 Å². The fourth-order valence-corrected chi connectivity index (χ4v) is 10.2. The van der Waals surface area contributed by atoms with E-state index >= 15 is 0 Å². The van der Waals surface area contributed by atoms with E-state index in [0.29, 0.717) is 113 Å². The first kappa shape index (κ1) is 57.5. The Morgan fingerprint density at radius 2 is 1.49 bits per heavy atom. The smallest absolute Gasteiger partial charge is 0.329 e. The SMILES string of the molecule is CCC(C)(C)C(=O)C(=O)N1CCCC[C@H]1C(=O)O[C@H](CCc1ccc(OC)c(OC)c1)c1cccc(NC(=O)CCC(=O)NCCOCCOCCOCCNC(=O)CCCC[C@@H]2SC[C@@H]3NC(=O)N[C@@H]32)c1. The summed E-state index contributed by atoms with van der Waals surface area (Å²) in [5.74, 6) is -0.427. The van der Waals surface area contributed by atoms with Gasteiger partial charge in [0, 0.05) is 61.0 Å². The molecule has 20 heteroatoms. The van der Waals surface area contributed by atoms with E-state index < -0.39 is 35.2 Å². The molecule has 0 saturated carbocycles. The van der Waals surface area contributed by atoms with Crippen molar-refractivity contribution in [1.82, 2.24) is 26.2 Å². The van der Waals surface area contributed by atoms with E-state index in [0.717, 1.165) is 30.6 Å². The number of Topliss-reactive ketones (excluding diaryl/α,β-unsaturated/α-hetero) is 1. The third kappa shape index (κ3) is 18.2. The lowest BCUT2D eigenvalue weighted by Gasteiger charge is -2.36. The van der Waals surface area contributed by atoms with Crippen LogP contribution >= 0.6 is 11.8 Å². The van der Waals surface area contributed by atoms with Crippen LogP contribution in [0.3, 0.4) is 0 Å². The number of carbonyl (C=O) groups excluding carboxylic acids is 7. The highest BCUT2D eigenvalue weighted by molar-refractivity contribution is 8.00. The Labute approximate surface area is 428 Å². The Balaban J connectivity index is 0.962. The molecule has 0 bridgehead atoms. The van der Waals surface area contributed by atoms with Gasteiger partial charge < -0.3 is 59.9 Å². The molecule has 0 radical (unpaired) electrons. The summed E-state index contributed by atoms with van der Waals surface area (Å²) in [6, 6.07) is 11.9. The quantitative estimate of drug-likeness (QED) is 0.0280. The monoisotopic (exact) mass is 1020 g/mol. The number of ketones is 1. The second-order valence-corrected chi connectivity index (χ2v) is 20.1. The number of aryl methyl sites for hydroxylation is 1. The summed E-state index contributed by atoms with van der Waals surface area (Å²) in [6.45, 7) is 8.34. The number of hydrogen-bond acceptors (Lipinski definition) is 14. The number of urea groups is 1. The number of carbonyl (C=O) groups is 7. The highest BCUT2D eigenvalue weighted by Crippen LogP contribution is 2.34. The maximum Gasteiger partial charge on any atom is 0.329 e. The topological polar surface area (TPSA) is 238 Å². The Morgan fingerprint density at radius 3 is 2.18 bits per heavy atom. The molecule has 3 heterocycles. The van der Waals surface area contributed by atoms with Gasteiger partial charge in [0.15, 0.2) is 11.5 Å². The van der Waals surface area contributed by atoms with Gasteiger partial charge in [-0.25, -0.2) is 9.59 Å². The zero-order valence-electron chi connectivity index (χ0n) is 42.6. The van der Waals surface area contributed by atoms with Crippen LogP contribution in [0.4, 0.5) is 10.5 Å². The molecule has 19 nitrogen and oxygen atoms in total. The van der Waals surface area contributed by atoms with Gasteiger partial charge in [-0.05, 0) is 86.8 Å². The minimum Gasteiger partial charge on any atom is -0.493 e. The molecule has 72 heavy (non-hydrogen) atoms. The zero-order chi connectivity index (χ0) is 51.9. The van der Waals surface area contributed by atoms with Crippen molar-refractivity contribution < 1.29 is 62.0 Å². The molecule has 0 spiro atoms. The number of thioether (sulfide) groups is 1. The van der Waals surface area contributed by atoms with Crippen molar-refractivity contribution in [2.45, 2.75) is 127 Å². The number of esters is 1. The molecule has 2 aromatic rings. The number of nitrogens with zero attached hydrogens (tertiary/aromatic N) is 1. The summed E-state index contributed by atoms with van der Waals surface area (Å²) in [4.78, 5) is 91.4. The second-order valence-electron chi connectivity index (χ2n) is 18.8. The van der Waals surface area contributed by atoms with Crippen molar-refractivity contribution in [2.24, 2.45) is 5.41 Å². The molecule has 2 aromatic carbocycles. The van der Waals surface area contributed by atoms with Gasteiger partial charge in [-0.3, -0.25) is 24.0 Å². The minimum absolute atomic E-state index is 0.000110. The molecule has 3 aliphatic rings. The molecule has 6 amide bonds. The first-order chi connectivity index (χ1) is 34.7. The molecule has 0 unspecified atom stereocenters. The number of benzene rings is 2. The number of ether oxygens (including phenoxy) is 6. The number of likely N-dealkylation sites (tertiary alicyclic amines) is 1. The third-order valence-electron chi connectivity index (χ3n) is 13.2. The average Bonchev–Trinajstić information content (AvgIpc) is 3.95. The van der Waals surface area contributed by atoms with Crippen LogP contribution < -0.4 is 36.1 Å².